The summed E-state index contributed by atoms with van der Waals surface area (Å²) in [4.78, 5) is 25.9. The second-order valence-corrected chi connectivity index (χ2v) is 8.53. The van der Waals surface area contributed by atoms with Gasteiger partial charge in [0.15, 0.2) is 0 Å². The number of aromatic nitrogens is 2. The molecule has 0 aliphatic carbocycles. The number of carbonyl (C=O) groups is 2. The first-order valence-electron chi connectivity index (χ1n) is 9.83. The Morgan fingerprint density at radius 2 is 2.03 bits per heavy atom. The van der Waals surface area contributed by atoms with Crippen LogP contribution in [0.3, 0.4) is 0 Å². The maximum atomic E-state index is 13.0. The summed E-state index contributed by atoms with van der Waals surface area (Å²) in [6, 6.07) is 5.27. The van der Waals surface area contributed by atoms with Crippen LogP contribution in [0.25, 0.3) is 5.69 Å². The Bertz CT molecular complexity index is 926. The molecule has 1 fully saturated rings. The highest BCUT2D eigenvalue weighted by Crippen LogP contribution is 2.28. The van der Waals surface area contributed by atoms with Gasteiger partial charge in [-0.05, 0) is 57.2 Å². The van der Waals surface area contributed by atoms with Crippen molar-refractivity contribution in [3.05, 3.63) is 45.2 Å². The normalized spacial score (nSPS) is 16.8. The number of piperidine rings is 1. The number of hydrogen-bond donors (Lipinski definition) is 1. The van der Waals surface area contributed by atoms with Gasteiger partial charge in [0, 0.05) is 35.8 Å². The molecule has 8 heteroatoms. The first-order valence-corrected chi connectivity index (χ1v) is 10.6. The van der Waals surface area contributed by atoms with Gasteiger partial charge in [-0.3, -0.25) is 9.59 Å². The van der Waals surface area contributed by atoms with Crippen molar-refractivity contribution in [2.75, 3.05) is 13.1 Å². The SMILES string of the molecule is Cc1nn(-c2ccc(Cl)cc2Cl)c(C)c1CC(=O)N1CCCC(CCC(N)=O)C1. The number of hydrogen-bond acceptors (Lipinski definition) is 3. The van der Waals surface area contributed by atoms with E-state index in [1.807, 2.05) is 24.8 Å². The van der Waals surface area contributed by atoms with Crippen molar-refractivity contribution in [3.63, 3.8) is 0 Å². The third-order valence-electron chi connectivity index (χ3n) is 5.58. The Balaban J connectivity index is 1.74. The van der Waals surface area contributed by atoms with Crippen LogP contribution < -0.4 is 5.73 Å². The van der Waals surface area contributed by atoms with E-state index in [1.54, 1.807) is 16.8 Å². The average molecular weight is 437 g/mol. The molecule has 0 radical (unpaired) electrons. The quantitative estimate of drug-likeness (QED) is 0.746. The summed E-state index contributed by atoms with van der Waals surface area (Å²) >= 11 is 12.3. The molecule has 2 amide bonds. The molecule has 0 saturated carbocycles. The lowest BCUT2D eigenvalue weighted by atomic mass is 9.93. The standard InChI is InChI=1S/C21H26Cl2N4O2/c1-13-17(14(2)27(25-13)19-7-6-16(22)10-18(19)23)11-21(29)26-9-3-4-15(12-26)5-8-20(24)28/h6-7,10,15H,3-5,8-9,11-12H2,1-2H3,(H2,24,28). The Morgan fingerprint density at radius 1 is 1.28 bits per heavy atom. The van der Waals surface area contributed by atoms with Crippen LogP contribution in [0.4, 0.5) is 0 Å². The van der Waals surface area contributed by atoms with Crippen molar-refractivity contribution in [1.82, 2.24) is 14.7 Å². The minimum atomic E-state index is -0.284. The Labute approximate surface area is 180 Å². The number of rotatable bonds is 6. The molecule has 2 heterocycles. The van der Waals surface area contributed by atoms with Crippen LogP contribution in [-0.2, 0) is 16.0 Å². The van der Waals surface area contributed by atoms with Crippen molar-refractivity contribution < 1.29 is 9.59 Å². The van der Waals surface area contributed by atoms with Crippen molar-refractivity contribution >= 4 is 35.0 Å². The van der Waals surface area contributed by atoms with Gasteiger partial charge in [0.1, 0.15) is 0 Å². The summed E-state index contributed by atoms with van der Waals surface area (Å²) in [7, 11) is 0. The average Bonchev–Trinajstić information content (AvgIpc) is 2.94. The van der Waals surface area contributed by atoms with E-state index in [4.69, 9.17) is 28.9 Å². The Hall–Kier alpha value is -2.05. The molecule has 2 N–H and O–H groups in total. The maximum Gasteiger partial charge on any atom is 0.227 e. The smallest absolute Gasteiger partial charge is 0.227 e. The molecule has 1 aliphatic heterocycles. The van der Waals surface area contributed by atoms with Gasteiger partial charge in [0.25, 0.3) is 0 Å². The van der Waals surface area contributed by atoms with E-state index in [9.17, 15) is 9.59 Å². The van der Waals surface area contributed by atoms with E-state index in [1.165, 1.54) is 0 Å². The topological polar surface area (TPSA) is 81.2 Å². The molecule has 1 unspecified atom stereocenters. The number of benzene rings is 1. The zero-order chi connectivity index (χ0) is 21.1. The number of amides is 2. The molecule has 1 aliphatic rings. The molecular formula is C21H26Cl2N4O2. The highest BCUT2D eigenvalue weighted by Gasteiger charge is 2.26. The van der Waals surface area contributed by atoms with E-state index in [0.29, 0.717) is 35.3 Å². The molecule has 6 nitrogen and oxygen atoms in total. The van der Waals surface area contributed by atoms with Gasteiger partial charge in [-0.1, -0.05) is 23.2 Å². The molecule has 2 aromatic rings. The fraction of sp³-hybridized carbons (Fsp3) is 0.476. The van der Waals surface area contributed by atoms with Gasteiger partial charge >= 0.3 is 0 Å². The molecule has 1 aromatic heterocycles. The summed E-state index contributed by atoms with van der Waals surface area (Å²) < 4.78 is 1.77. The van der Waals surface area contributed by atoms with Crippen molar-refractivity contribution in [2.45, 2.75) is 46.0 Å². The lowest BCUT2D eigenvalue weighted by molar-refractivity contribution is -0.132. The lowest BCUT2D eigenvalue weighted by Gasteiger charge is -2.32. The Kier molecular flexibility index (Phi) is 6.85. The van der Waals surface area contributed by atoms with Crippen LogP contribution in [0.1, 0.15) is 42.6 Å². The molecule has 1 atom stereocenters. The predicted molar refractivity (Wildman–Crippen MR) is 114 cm³/mol. The van der Waals surface area contributed by atoms with E-state index in [0.717, 1.165) is 48.4 Å². The van der Waals surface area contributed by atoms with Crippen LogP contribution in [0.2, 0.25) is 10.0 Å². The summed E-state index contributed by atoms with van der Waals surface area (Å²) in [5.74, 6) is 0.132. The maximum absolute atomic E-state index is 13.0. The van der Waals surface area contributed by atoms with Crippen LogP contribution in [0.5, 0.6) is 0 Å². The fourth-order valence-electron chi connectivity index (χ4n) is 3.96. The second-order valence-electron chi connectivity index (χ2n) is 7.69. The van der Waals surface area contributed by atoms with E-state index in [2.05, 4.69) is 5.10 Å². The lowest BCUT2D eigenvalue weighted by Crippen LogP contribution is -2.41. The van der Waals surface area contributed by atoms with Crippen LogP contribution in [-0.4, -0.2) is 39.6 Å². The van der Waals surface area contributed by atoms with E-state index in [-0.39, 0.29) is 11.8 Å². The molecule has 0 bridgehead atoms. The number of carbonyl (C=O) groups excluding carboxylic acids is 2. The molecule has 29 heavy (non-hydrogen) atoms. The van der Waals surface area contributed by atoms with E-state index < -0.39 is 0 Å². The number of aryl methyl sites for hydroxylation is 1. The van der Waals surface area contributed by atoms with Gasteiger partial charge in [-0.2, -0.15) is 5.10 Å². The van der Waals surface area contributed by atoms with Crippen molar-refractivity contribution in [3.8, 4) is 5.69 Å². The van der Waals surface area contributed by atoms with E-state index >= 15 is 0 Å². The van der Waals surface area contributed by atoms with Crippen molar-refractivity contribution in [2.24, 2.45) is 11.7 Å². The third kappa shape index (κ3) is 5.11. The first-order chi connectivity index (χ1) is 13.8. The molecular weight excluding hydrogens is 411 g/mol. The minimum absolute atomic E-state index is 0.0849. The van der Waals surface area contributed by atoms with Gasteiger partial charge in [-0.25, -0.2) is 4.68 Å². The number of halogens is 2. The highest BCUT2D eigenvalue weighted by atomic mass is 35.5. The fourth-order valence-corrected chi connectivity index (χ4v) is 4.44. The summed E-state index contributed by atoms with van der Waals surface area (Å²) in [6.45, 7) is 5.28. The molecule has 156 valence electrons. The van der Waals surface area contributed by atoms with Gasteiger partial charge < -0.3 is 10.6 Å². The summed E-state index contributed by atoms with van der Waals surface area (Å²) in [6.07, 6.45) is 3.39. The predicted octanol–water partition coefficient (Wildman–Crippen LogP) is 3.84. The van der Waals surface area contributed by atoms with Gasteiger partial charge in [-0.15, -0.1) is 0 Å². The zero-order valence-corrected chi connectivity index (χ0v) is 18.3. The number of primary amides is 1. The zero-order valence-electron chi connectivity index (χ0n) is 16.8. The number of nitrogens with zero attached hydrogens (tertiary/aromatic N) is 3. The first kappa shape index (κ1) is 21.7. The van der Waals surface area contributed by atoms with Crippen LogP contribution in [0.15, 0.2) is 18.2 Å². The molecule has 0 spiro atoms. The van der Waals surface area contributed by atoms with Gasteiger partial charge in [0.05, 0.1) is 22.8 Å². The third-order valence-corrected chi connectivity index (χ3v) is 6.12. The summed E-state index contributed by atoms with van der Waals surface area (Å²) in [5.41, 5.74) is 8.62. The molecule has 1 saturated heterocycles. The van der Waals surface area contributed by atoms with Crippen LogP contribution in [0, 0.1) is 19.8 Å². The molecule has 1 aromatic carbocycles. The monoisotopic (exact) mass is 436 g/mol. The largest absolute Gasteiger partial charge is 0.370 e. The van der Waals surface area contributed by atoms with Crippen molar-refractivity contribution in [1.29, 1.82) is 0 Å². The Morgan fingerprint density at radius 3 is 2.72 bits per heavy atom. The number of likely N-dealkylation sites (tertiary alicyclic amines) is 1. The van der Waals surface area contributed by atoms with Gasteiger partial charge in [0.2, 0.25) is 11.8 Å². The summed E-state index contributed by atoms with van der Waals surface area (Å²) in [5, 5.41) is 5.67. The van der Waals surface area contributed by atoms with Crippen LogP contribution >= 0.6 is 23.2 Å². The highest BCUT2D eigenvalue weighted by molar-refractivity contribution is 6.35. The minimum Gasteiger partial charge on any atom is -0.370 e. The molecule has 3 rings (SSSR count). The number of nitrogens with two attached hydrogens (primary N) is 1. The second kappa shape index (κ2) is 9.18.